The summed E-state index contributed by atoms with van der Waals surface area (Å²) in [5, 5.41) is 14.0. The summed E-state index contributed by atoms with van der Waals surface area (Å²) in [5.41, 5.74) is -0.762. The molecular weight excluding hydrogens is 430 g/mol. The summed E-state index contributed by atoms with van der Waals surface area (Å²) in [6, 6.07) is 7.73. The highest BCUT2D eigenvalue weighted by atomic mass is 32.2. The predicted octanol–water partition coefficient (Wildman–Crippen LogP) is 1.51. The van der Waals surface area contributed by atoms with Gasteiger partial charge in [0.05, 0.1) is 17.1 Å². The lowest BCUT2D eigenvalue weighted by Gasteiger charge is -2.12. The Balaban J connectivity index is 2.17. The molecule has 31 heavy (non-hydrogen) atoms. The third-order valence-electron chi connectivity index (χ3n) is 4.42. The molecule has 1 amide bonds. The lowest BCUT2D eigenvalue weighted by molar-refractivity contribution is 0.0944. The van der Waals surface area contributed by atoms with Crippen molar-refractivity contribution in [2.24, 2.45) is 0 Å². The van der Waals surface area contributed by atoms with Crippen molar-refractivity contribution in [1.82, 2.24) is 19.6 Å². The molecule has 0 unspecified atom stereocenters. The first-order chi connectivity index (χ1) is 14.8. The van der Waals surface area contributed by atoms with Gasteiger partial charge >= 0.3 is 0 Å². The van der Waals surface area contributed by atoms with Crippen molar-refractivity contribution < 1.29 is 27.1 Å². The quantitative estimate of drug-likeness (QED) is 0.449. The van der Waals surface area contributed by atoms with E-state index in [1.165, 1.54) is 36.5 Å². The zero-order valence-electron chi connectivity index (χ0n) is 16.5. The Bertz CT molecular complexity index is 1210. The van der Waals surface area contributed by atoms with Gasteiger partial charge in [0.1, 0.15) is 5.69 Å². The second-order valence-corrected chi connectivity index (χ2v) is 8.31. The Hall–Kier alpha value is -3.15. The molecular formula is C20H20F2N4O4S. The van der Waals surface area contributed by atoms with Crippen LogP contribution in [0.2, 0.25) is 0 Å². The van der Waals surface area contributed by atoms with E-state index in [2.05, 4.69) is 15.6 Å². The van der Waals surface area contributed by atoms with Crippen LogP contribution in [-0.4, -0.2) is 48.6 Å². The van der Waals surface area contributed by atoms with Gasteiger partial charge in [-0.2, -0.15) is 4.39 Å². The number of hydrogen-bond acceptors (Lipinski definition) is 6. The van der Waals surface area contributed by atoms with Gasteiger partial charge in [-0.25, -0.2) is 21.8 Å². The van der Waals surface area contributed by atoms with Crippen molar-refractivity contribution in [2.75, 3.05) is 20.2 Å². The highest BCUT2D eigenvalue weighted by molar-refractivity contribution is 7.90. The first-order valence-electron chi connectivity index (χ1n) is 9.21. The number of aliphatic hydroxyl groups excluding tert-OH is 1. The lowest BCUT2D eigenvalue weighted by atomic mass is 10.2. The number of rotatable bonds is 8. The fourth-order valence-corrected chi connectivity index (χ4v) is 4.44. The van der Waals surface area contributed by atoms with Crippen LogP contribution in [-0.2, 0) is 16.6 Å². The molecule has 3 rings (SSSR count). The van der Waals surface area contributed by atoms with Crippen LogP contribution in [0.3, 0.4) is 0 Å². The molecule has 0 fully saturated rings. The molecule has 8 nitrogen and oxygen atoms in total. The van der Waals surface area contributed by atoms with Crippen LogP contribution in [0.15, 0.2) is 53.7 Å². The van der Waals surface area contributed by atoms with Crippen LogP contribution < -0.4 is 10.6 Å². The standard InChI is InChI=1S/C20H20F2N4O4S/c1-23-11-14-12-26(18(17(14)21)16-6-3-7-24-19(16)22)31(29,30)15-5-2-4-13(10-15)20(28)25-8-9-27/h2-7,10,12,23,27H,8-9,11H2,1H3,(H,25,28). The third kappa shape index (κ3) is 4.48. The third-order valence-corrected chi connectivity index (χ3v) is 6.07. The van der Waals surface area contributed by atoms with Crippen molar-refractivity contribution in [3.63, 3.8) is 0 Å². The van der Waals surface area contributed by atoms with Gasteiger partial charge in [-0.1, -0.05) is 6.07 Å². The fourth-order valence-electron chi connectivity index (χ4n) is 3.00. The number of pyridine rings is 1. The average molecular weight is 450 g/mol. The minimum atomic E-state index is -4.41. The van der Waals surface area contributed by atoms with Gasteiger partial charge < -0.3 is 15.7 Å². The van der Waals surface area contributed by atoms with Crippen LogP contribution in [0, 0.1) is 11.8 Å². The number of amides is 1. The number of nitrogens with one attached hydrogen (secondary N) is 2. The van der Waals surface area contributed by atoms with E-state index in [-0.39, 0.29) is 41.3 Å². The molecule has 0 saturated carbocycles. The first-order valence-corrected chi connectivity index (χ1v) is 10.6. The molecule has 0 saturated heterocycles. The topological polar surface area (TPSA) is 113 Å². The maximum Gasteiger partial charge on any atom is 0.268 e. The van der Waals surface area contributed by atoms with E-state index in [0.29, 0.717) is 3.97 Å². The summed E-state index contributed by atoms with van der Waals surface area (Å²) in [7, 11) is -2.85. The Labute approximate surface area is 177 Å². The summed E-state index contributed by atoms with van der Waals surface area (Å²) in [4.78, 5) is 15.3. The summed E-state index contributed by atoms with van der Waals surface area (Å²) < 4.78 is 56.8. The molecule has 0 radical (unpaired) electrons. The molecule has 2 aromatic heterocycles. The smallest absolute Gasteiger partial charge is 0.268 e. The molecule has 0 aliphatic carbocycles. The number of nitrogens with zero attached hydrogens (tertiary/aromatic N) is 2. The van der Waals surface area contributed by atoms with Crippen LogP contribution in [0.5, 0.6) is 0 Å². The minimum Gasteiger partial charge on any atom is -0.395 e. The molecule has 0 atom stereocenters. The van der Waals surface area contributed by atoms with Crippen LogP contribution in [0.4, 0.5) is 8.78 Å². The van der Waals surface area contributed by atoms with Crippen molar-refractivity contribution in [2.45, 2.75) is 11.4 Å². The van der Waals surface area contributed by atoms with E-state index in [9.17, 15) is 17.6 Å². The minimum absolute atomic E-state index is 0.00354. The maximum atomic E-state index is 15.1. The van der Waals surface area contributed by atoms with Gasteiger partial charge in [-0.05, 0) is 37.4 Å². The van der Waals surface area contributed by atoms with E-state index < -0.39 is 33.4 Å². The molecule has 0 aliphatic heterocycles. The summed E-state index contributed by atoms with van der Waals surface area (Å²) in [6.45, 7) is -0.274. The van der Waals surface area contributed by atoms with E-state index >= 15 is 4.39 Å². The Morgan fingerprint density at radius 2 is 2.00 bits per heavy atom. The molecule has 3 N–H and O–H groups in total. The van der Waals surface area contributed by atoms with E-state index in [0.717, 1.165) is 12.3 Å². The molecule has 0 aliphatic rings. The molecule has 0 spiro atoms. The van der Waals surface area contributed by atoms with Crippen molar-refractivity contribution in [3.05, 3.63) is 71.7 Å². The summed E-state index contributed by atoms with van der Waals surface area (Å²) >= 11 is 0. The largest absolute Gasteiger partial charge is 0.395 e. The van der Waals surface area contributed by atoms with Gasteiger partial charge in [0, 0.05) is 36.6 Å². The molecule has 164 valence electrons. The van der Waals surface area contributed by atoms with Gasteiger partial charge in [0.25, 0.3) is 15.9 Å². The number of carbonyl (C=O) groups is 1. The molecule has 2 heterocycles. The molecule has 0 bridgehead atoms. The van der Waals surface area contributed by atoms with Crippen LogP contribution >= 0.6 is 0 Å². The van der Waals surface area contributed by atoms with Crippen molar-refractivity contribution in [3.8, 4) is 11.3 Å². The zero-order chi connectivity index (χ0) is 22.6. The maximum absolute atomic E-state index is 15.1. The Morgan fingerprint density at radius 1 is 1.23 bits per heavy atom. The number of carbonyl (C=O) groups excluding carboxylic acids is 1. The number of aromatic nitrogens is 2. The lowest BCUT2D eigenvalue weighted by Crippen LogP contribution is -2.26. The van der Waals surface area contributed by atoms with Crippen molar-refractivity contribution >= 4 is 15.9 Å². The van der Waals surface area contributed by atoms with Gasteiger partial charge in [-0.15, -0.1) is 0 Å². The zero-order valence-corrected chi connectivity index (χ0v) is 17.3. The highest BCUT2D eigenvalue weighted by Crippen LogP contribution is 2.32. The monoisotopic (exact) mass is 450 g/mol. The fraction of sp³-hybridized carbons (Fsp3) is 0.200. The van der Waals surface area contributed by atoms with Crippen molar-refractivity contribution in [1.29, 1.82) is 0 Å². The summed E-state index contributed by atoms with van der Waals surface area (Å²) in [5.74, 6) is -2.51. The SMILES string of the molecule is CNCc1cn(S(=O)(=O)c2cccc(C(=O)NCCO)c2)c(-c2cccnc2F)c1F. The number of hydrogen-bond donors (Lipinski definition) is 3. The second kappa shape index (κ2) is 9.33. The number of aliphatic hydroxyl groups is 1. The molecule has 11 heteroatoms. The predicted molar refractivity (Wildman–Crippen MR) is 109 cm³/mol. The first kappa shape index (κ1) is 22.5. The van der Waals surface area contributed by atoms with E-state index in [1.807, 2.05) is 0 Å². The molecule has 1 aromatic carbocycles. The second-order valence-electron chi connectivity index (χ2n) is 6.50. The Kier molecular flexibility index (Phi) is 6.78. The van der Waals surface area contributed by atoms with Gasteiger partial charge in [0.2, 0.25) is 5.95 Å². The number of halogens is 2. The summed E-state index contributed by atoms with van der Waals surface area (Å²) in [6.07, 6.45) is 2.24. The Morgan fingerprint density at radius 3 is 2.68 bits per heavy atom. The number of benzene rings is 1. The van der Waals surface area contributed by atoms with Crippen LogP contribution in [0.25, 0.3) is 11.3 Å². The van der Waals surface area contributed by atoms with E-state index in [4.69, 9.17) is 5.11 Å². The van der Waals surface area contributed by atoms with Crippen LogP contribution in [0.1, 0.15) is 15.9 Å². The normalized spacial score (nSPS) is 11.5. The molecule has 3 aromatic rings. The van der Waals surface area contributed by atoms with E-state index in [1.54, 1.807) is 7.05 Å². The average Bonchev–Trinajstić information content (AvgIpc) is 3.09. The van der Waals surface area contributed by atoms with Gasteiger partial charge in [0.15, 0.2) is 5.82 Å². The highest BCUT2D eigenvalue weighted by Gasteiger charge is 2.28. The van der Waals surface area contributed by atoms with Gasteiger partial charge in [-0.3, -0.25) is 4.79 Å².